The van der Waals surface area contributed by atoms with Crippen LogP contribution in [0, 0.1) is 5.92 Å². The number of piperidine rings is 1. The highest BCUT2D eigenvalue weighted by molar-refractivity contribution is 14.0. The van der Waals surface area contributed by atoms with Crippen molar-refractivity contribution in [2.45, 2.75) is 38.8 Å². The number of nitrogens with one attached hydrogen (secondary N) is 2. The van der Waals surface area contributed by atoms with Crippen LogP contribution in [0.3, 0.4) is 0 Å². The monoisotopic (exact) mass is 548 g/mol. The number of hydrogen-bond donors (Lipinski definition) is 3. The molecular formula is C21H33IN4OS2. The first-order valence-corrected chi connectivity index (χ1v) is 11.9. The molecule has 5 nitrogen and oxygen atoms in total. The van der Waals surface area contributed by atoms with Gasteiger partial charge in [-0.2, -0.15) is 11.3 Å². The van der Waals surface area contributed by atoms with Crippen LogP contribution >= 0.6 is 46.7 Å². The van der Waals surface area contributed by atoms with Gasteiger partial charge in [-0.3, -0.25) is 4.90 Å². The van der Waals surface area contributed by atoms with Crippen molar-refractivity contribution >= 4 is 52.6 Å². The molecule has 2 aromatic heterocycles. The Bertz CT molecular complexity index is 719. The summed E-state index contributed by atoms with van der Waals surface area (Å²) in [5.74, 6) is 1.41. The summed E-state index contributed by atoms with van der Waals surface area (Å²) < 4.78 is 0. The molecule has 0 bridgehead atoms. The number of halogens is 1. The van der Waals surface area contributed by atoms with Gasteiger partial charge in [0.15, 0.2) is 5.96 Å². The van der Waals surface area contributed by atoms with Gasteiger partial charge in [-0.25, -0.2) is 4.99 Å². The van der Waals surface area contributed by atoms with Crippen molar-refractivity contribution in [2.24, 2.45) is 10.9 Å². The van der Waals surface area contributed by atoms with Crippen LogP contribution < -0.4 is 10.6 Å². The van der Waals surface area contributed by atoms with Crippen LogP contribution in [-0.4, -0.2) is 48.7 Å². The zero-order valence-corrected chi connectivity index (χ0v) is 21.2. The zero-order valence-electron chi connectivity index (χ0n) is 17.3. The Morgan fingerprint density at radius 3 is 2.90 bits per heavy atom. The van der Waals surface area contributed by atoms with Gasteiger partial charge in [0.2, 0.25) is 0 Å². The van der Waals surface area contributed by atoms with Crippen molar-refractivity contribution in [3.8, 4) is 0 Å². The van der Waals surface area contributed by atoms with E-state index in [4.69, 9.17) is 0 Å². The summed E-state index contributed by atoms with van der Waals surface area (Å²) in [7, 11) is 0. The van der Waals surface area contributed by atoms with E-state index in [2.05, 4.69) is 45.0 Å². The van der Waals surface area contributed by atoms with Gasteiger partial charge in [0.25, 0.3) is 0 Å². The highest BCUT2D eigenvalue weighted by atomic mass is 127. The minimum atomic E-state index is -0.940. The van der Waals surface area contributed by atoms with Gasteiger partial charge < -0.3 is 15.7 Å². The molecule has 1 aliphatic rings. The maximum Gasteiger partial charge on any atom is 0.191 e. The summed E-state index contributed by atoms with van der Waals surface area (Å²) in [6.07, 6.45) is 2.50. The number of hydrogen-bond acceptors (Lipinski definition) is 5. The first-order valence-electron chi connectivity index (χ1n) is 10.1. The Morgan fingerprint density at radius 1 is 1.34 bits per heavy atom. The lowest BCUT2D eigenvalue weighted by Gasteiger charge is -2.32. The van der Waals surface area contributed by atoms with Crippen LogP contribution in [0.2, 0.25) is 0 Å². The van der Waals surface area contributed by atoms with E-state index in [1.54, 1.807) is 11.3 Å². The van der Waals surface area contributed by atoms with Gasteiger partial charge in [-0.05, 0) is 73.0 Å². The molecule has 0 radical (unpaired) electrons. The van der Waals surface area contributed by atoms with Crippen LogP contribution in [0.25, 0.3) is 0 Å². The Kier molecular flexibility index (Phi) is 10.4. The maximum atomic E-state index is 10.7. The molecule has 0 amide bonds. The fraction of sp³-hybridized carbons (Fsp3) is 0.571. The molecule has 0 saturated carbocycles. The Hall–Kier alpha value is -0.680. The fourth-order valence-corrected chi connectivity index (χ4v) is 5.09. The second-order valence-corrected chi connectivity index (χ2v) is 9.50. The Morgan fingerprint density at radius 2 is 2.21 bits per heavy atom. The molecule has 0 aromatic carbocycles. The lowest BCUT2D eigenvalue weighted by atomic mass is 9.98. The third kappa shape index (κ3) is 7.82. The average Bonchev–Trinajstić information content (AvgIpc) is 3.39. The first-order chi connectivity index (χ1) is 13.6. The maximum absolute atomic E-state index is 10.7. The minimum absolute atomic E-state index is 0. The normalized spacial score (nSPS) is 20.0. The summed E-state index contributed by atoms with van der Waals surface area (Å²) >= 11 is 3.44. The first kappa shape index (κ1) is 24.6. The molecule has 0 spiro atoms. The molecule has 1 saturated heterocycles. The predicted octanol–water partition coefficient (Wildman–Crippen LogP) is 4.10. The van der Waals surface area contributed by atoms with Crippen LogP contribution in [0.15, 0.2) is 39.3 Å². The number of rotatable bonds is 8. The summed E-state index contributed by atoms with van der Waals surface area (Å²) in [6, 6.07) is 6.32. The summed E-state index contributed by atoms with van der Waals surface area (Å²) in [6.45, 7) is 9.32. The van der Waals surface area contributed by atoms with Crippen molar-refractivity contribution in [1.82, 2.24) is 15.5 Å². The van der Waals surface area contributed by atoms with E-state index in [0.717, 1.165) is 37.7 Å². The molecule has 8 heteroatoms. The van der Waals surface area contributed by atoms with Gasteiger partial charge in [0.05, 0.1) is 6.54 Å². The van der Waals surface area contributed by atoms with E-state index < -0.39 is 5.60 Å². The van der Waals surface area contributed by atoms with Gasteiger partial charge in [0.1, 0.15) is 5.60 Å². The lowest BCUT2D eigenvalue weighted by molar-refractivity contribution is 0.0677. The number of aliphatic imine (C=N–C) groups is 1. The standard InChI is InChI=1S/C21H32N4OS2.HI/c1-3-22-20(24-16-21(2,26)18-8-11-27-15-18)23-12-17-6-4-9-25(13-17)14-19-7-5-10-28-19;/h5,7-8,10-11,15,17,26H,3-4,6,9,12-14,16H2,1-2H3,(H2,22,23,24);1H. The van der Waals surface area contributed by atoms with Crippen LogP contribution in [0.5, 0.6) is 0 Å². The van der Waals surface area contributed by atoms with Gasteiger partial charge >= 0.3 is 0 Å². The van der Waals surface area contributed by atoms with E-state index in [1.807, 2.05) is 35.1 Å². The molecule has 3 N–H and O–H groups in total. The van der Waals surface area contributed by atoms with Crippen molar-refractivity contribution in [2.75, 3.05) is 32.7 Å². The summed E-state index contributed by atoms with van der Waals surface area (Å²) in [5.41, 5.74) is -0.0152. The second kappa shape index (κ2) is 12.2. The van der Waals surface area contributed by atoms with Crippen LogP contribution in [0.1, 0.15) is 37.1 Å². The molecule has 2 unspecified atom stereocenters. The minimum Gasteiger partial charge on any atom is -0.383 e. The average molecular weight is 549 g/mol. The SMILES string of the molecule is CCNC(=NCC(C)(O)c1ccsc1)NCC1CCCN(Cc2cccs2)C1.I. The summed E-state index contributed by atoms with van der Waals surface area (Å²) in [5, 5.41) is 23.6. The molecule has 2 atom stereocenters. The smallest absolute Gasteiger partial charge is 0.191 e. The van der Waals surface area contributed by atoms with Gasteiger partial charge in [0, 0.05) is 31.1 Å². The van der Waals surface area contributed by atoms with E-state index in [1.165, 1.54) is 24.3 Å². The highest BCUT2D eigenvalue weighted by Gasteiger charge is 2.24. The summed E-state index contributed by atoms with van der Waals surface area (Å²) in [4.78, 5) is 8.65. The quantitative estimate of drug-likeness (QED) is 0.264. The van der Waals surface area contributed by atoms with E-state index in [-0.39, 0.29) is 24.0 Å². The molecule has 1 fully saturated rings. The third-order valence-electron chi connectivity index (χ3n) is 5.15. The molecule has 162 valence electrons. The van der Waals surface area contributed by atoms with Crippen molar-refractivity contribution in [3.05, 3.63) is 44.8 Å². The fourth-order valence-electron chi connectivity index (χ4n) is 3.56. The van der Waals surface area contributed by atoms with Crippen LogP contribution in [-0.2, 0) is 12.1 Å². The molecule has 2 aromatic rings. The zero-order chi connectivity index (χ0) is 19.8. The highest BCUT2D eigenvalue weighted by Crippen LogP contribution is 2.23. The van der Waals surface area contributed by atoms with E-state index in [0.29, 0.717) is 12.5 Å². The molecule has 0 aliphatic carbocycles. The molecule has 3 heterocycles. The van der Waals surface area contributed by atoms with Crippen molar-refractivity contribution in [3.63, 3.8) is 0 Å². The van der Waals surface area contributed by atoms with E-state index in [9.17, 15) is 5.11 Å². The number of guanidine groups is 1. The second-order valence-electron chi connectivity index (χ2n) is 7.68. The lowest BCUT2D eigenvalue weighted by Crippen LogP contribution is -2.44. The van der Waals surface area contributed by atoms with Gasteiger partial charge in [-0.1, -0.05) is 6.07 Å². The Balaban J connectivity index is 0.00000300. The molecule has 1 aliphatic heterocycles. The molecular weight excluding hydrogens is 515 g/mol. The van der Waals surface area contributed by atoms with Crippen molar-refractivity contribution < 1.29 is 5.11 Å². The number of aliphatic hydroxyl groups is 1. The topological polar surface area (TPSA) is 59.9 Å². The van der Waals surface area contributed by atoms with E-state index >= 15 is 0 Å². The Labute approximate surface area is 199 Å². The largest absolute Gasteiger partial charge is 0.383 e. The number of likely N-dealkylation sites (tertiary alicyclic amines) is 1. The number of thiophene rings is 2. The molecule has 3 rings (SSSR count). The third-order valence-corrected chi connectivity index (χ3v) is 6.70. The molecule has 29 heavy (non-hydrogen) atoms. The number of nitrogens with zero attached hydrogens (tertiary/aromatic N) is 2. The van der Waals surface area contributed by atoms with Crippen molar-refractivity contribution in [1.29, 1.82) is 0 Å². The predicted molar refractivity (Wildman–Crippen MR) is 136 cm³/mol. The van der Waals surface area contributed by atoms with Gasteiger partial charge in [-0.15, -0.1) is 35.3 Å². The van der Waals surface area contributed by atoms with Crippen LogP contribution in [0.4, 0.5) is 0 Å².